The lowest BCUT2D eigenvalue weighted by atomic mass is 10.0. The Morgan fingerprint density at radius 3 is 2.59 bits per heavy atom. The summed E-state index contributed by atoms with van der Waals surface area (Å²) in [5, 5.41) is 0. The number of halogens is 1. The Kier molecular flexibility index (Phi) is 4.01. The molecular weight excluding hydrogens is 279 g/mol. The van der Waals surface area contributed by atoms with Crippen molar-refractivity contribution in [2.24, 2.45) is 0 Å². The van der Waals surface area contributed by atoms with Crippen LogP contribution < -0.4 is 10.5 Å². The maximum absolute atomic E-state index is 14.6. The predicted octanol–water partition coefficient (Wildman–Crippen LogP) is 3.65. The third-order valence-electron chi connectivity index (χ3n) is 4.38. The van der Waals surface area contributed by atoms with E-state index >= 15 is 0 Å². The van der Waals surface area contributed by atoms with Crippen molar-refractivity contribution in [3.8, 4) is 11.3 Å². The lowest BCUT2D eigenvalue weighted by molar-refractivity contribution is 0.629. The van der Waals surface area contributed by atoms with Gasteiger partial charge in [0.05, 0.1) is 5.69 Å². The quantitative estimate of drug-likeness (QED) is 0.939. The number of nitrogens with zero attached hydrogens (tertiary/aromatic N) is 1. The summed E-state index contributed by atoms with van der Waals surface area (Å²) < 4.78 is 14.6. The molecule has 22 heavy (non-hydrogen) atoms. The van der Waals surface area contributed by atoms with Gasteiger partial charge in [0.1, 0.15) is 5.82 Å². The zero-order valence-electron chi connectivity index (χ0n) is 13.1. The number of aromatic nitrogens is 1. The standard InChI is InChI=1S/C18H21FN2O/c1-3-13-10-12(2)18(22)20-17(13)15-7-6-14(11-16(15)19)21-8-4-5-9-21/h6-7,10-11H,3-5,8-9H2,1-2H3,(H,20,22). The third-order valence-corrected chi connectivity index (χ3v) is 4.38. The van der Waals surface area contributed by atoms with Crippen LogP contribution in [0.1, 0.15) is 30.9 Å². The van der Waals surface area contributed by atoms with E-state index in [0.717, 1.165) is 43.6 Å². The molecule has 3 nitrogen and oxygen atoms in total. The average molecular weight is 300 g/mol. The number of rotatable bonds is 3. The van der Waals surface area contributed by atoms with Gasteiger partial charge in [-0.05, 0) is 56.0 Å². The van der Waals surface area contributed by atoms with Crippen molar-refractivity contribution < 1.29 is 4.39 Å². The van der Waals surface area contributed by atoms with Crippen LogP contribution in [-0.2, 0) is 6.42 Å². The van der Waals surface area contributed by atoms with E-state index in [4.69, 9.17) is 0 Å². The number of pyridine rings is 1. The molecule has 1 N–H and O–H groups in total. The van der Waals surface area contributed by atoms with Crippen LogP contribution in [0.25, 0.3) is 11.3 Å². The Bertz CT molecular complexity index is 745. The number of hydrogen-bond acceptors (Lipinski definition) is 2. The van der Waals surface area contributed by atoms with Gasteiger partial charge >= 0.3 is 0 Å². The number of hydrogen-bond donors (Lipinski definition) is 1. The summed E-state index contributed by atoms with van der Waals surface area (Å²) in [6, 6.07) is 7.16. The molecule has 4 heteroatoms. The summed E-state index contributed by atoms with van der Waals surface area (Å²) in [7, 11) is 0. The van der Waals surface area contributed by atoms with E-state index in [1.165, 1.54) is 0 Å². The lowest BCUT2D eigenvalue weighted by Crippen LogP contribution is -2.18. The zero-order valence-corrected chi connectivity index (χ0v) is 13.1. The summed E-state index contributed by atoms with van der Waals surface area (Å²) in [5.74, 6) is -0.279. The van der Waals surface area contributed by atoms with Gasteiger partial charge in [-0.25, -0.2) is 4.39 Å². The van der Waals surface area contributed by atoms with E-state index in [-0.39, 0.29) is 11.4 Å². The molecule has 1 aliphatic heterocycles. The fourth-order valence-electron chi connectivity index (χ4n) is 3.09. The molecule has 1 aromatic heterocycles. The molecule has 0 atom stereocenters. The van der Waals surface area contributed by atoms with E-state index in [9.17, 15) is 9.18 Å². The van der Waals surface area contributed by atoms with Crippen LogP contribution >= 0.6 is 0 Å². The van der Waals surface area contributed by atoms with E-state index < -0.39 is 0 Å². The van der Waals surface area contributed by atoms with Gasteiger partial charge in [0.25, 0.3) is 5.56 Å². The van der Waals surface area contributed by atoms with E-state index in [1.807, 2.05) is 19.1 Å². The topological polar surface area (TPSA) is 36.1 Å². The predicted molar refractivity (Wildman–Crippen MR) is 88.0 cm³/mol. The number of aromatic amines is 1. The van der Waals surface area contributed by atoms with Crippen LogP contribution in [0.2, 0.25) is 0 Å². The van der Waals surface area contributed by atoms with Crippen LogP contribution in [0.4, 0.5) is 10.1 Å². The Balaban J connectivity index is 2.05. The van der Waals surface area contributed by atoms with Crippen LogP contribution in [-0.4, -0.2) is 18.1 Å². The fourth-order valence-corrected chi connectivity index (χ4v) is 3.09. The largest absolute Gasteiger partial charge is 0.371 e. The minimum absolute atomic E-state index is 0.157. The highest BCUT2D eigenvalue weighted by Gasteiger charge is 2.16. The molecular formula is C18H21FN2O. The van der Waals surface area contributed by atoms with Crippen molar-refractivity contribution >= 4 is 5.69 Å². The fraction of sp³-hybridized carbons (Fsp3) is 0.389. The van der Waals surface area contributed by atoms with E-state index in [1.54, 1.807) is 19.1 Å². The number of H-pyrrole nitrogens is 1. The lowest BCUT2D eigenvalue weighted by Gasteiger charge is -2.18. The summed E-state index contributed by atoms with van der Waals surface area (Å²) in [6.07, 6.45) is 3.07. The Morgan fingerprint density at radius 2 is 1.95 bits per heavy atom. The minimum atomic E-state index is -0.279. The van der Waals surface area contributed by atoms with Crippen molar-refractivity contribution in [3.05, 3.63) is 51.6 Å². The second-order valence-electron chi connectivity index (χ2n) is 5.89. The van der Waals surface area contributed by atoms with Crippen molar-refractivity contribution in [1.29, 1.82) is 0 Å². The van der Waals surface area contributed by atoms with Crippen LogP contribution in [0, 0.1) is 12.7 Å². The highest BCUT2D eigenvalue weighted by Crippen LogP contribution is 2.29. The van der Waals surface area contributed by atoms with E-state index in [2.05, 4.69) is 9.88 Å². The second kappa shape index (κ2) is 5.95. The number of benzene rings is 1. The molecule has 1 aliphatic rings. The molecule has 2 aromatic rings. The first kappa shape index (κ1) is 14.8. The summed E-state index contributed by atoms with van der Waals surface area (Å²) in [6.45, 7) is 5.75. The summed E-state index contributed by atoms with van der Waals surface area (Å²) >= 11 is 0. The first-order valence-electron chi connectivity index (χ1n) is 7.88. The van der Waals surface area contributed by atoms with Crippen LogP contribution in [0.5, 0.6) is 0 Å². The average Bonchev–Trinajstić information content (AvgIpc) is 3.04. The molecule has 1 aromatic carbocycles. The summed E-state index contributed by atoms with van der Waals surface area (Å²) in [5.41, 5.74) is 3.46. The smallest absolute Gasteiger partial charge is 0.251 e. The highest BCUT2D eigenvalue weighted by atomic mass is 19.1. The molecule has 0 radical (unpaired) electrons. The Morgan fingerprint density at radius 1 is 1.23 bits per heavy atom. The molecule has 0 saturated carbocycles. The van der Waals surface area contributed by atoms with Crippen LogP contribution in [0.3, 0.4) is 0 Å². The molecule has 0 aliphatic carbocycles. The van der Waals surface area contributed by atoms with Crippen molar-refractivity contribution in [3.63, 3.8) is 0 Å². The molecule has 116 valence electrons. The normalized spacial score (nSPS) is 14.6. The Labute approximate surface area is 129 Å². The Hall–Kier alpha value is -2.10. The molecule has 0 spiro atoms. The molecule has 3 rings (SSSR count). The number of anilines is 1. The maximum atomic E-state index is 14.6. The van der Waals surface area contributed by atoms with Gasteiger partial charge < -0.3 is 9.88 Å². The van der Waals surface area contributed by atoms with Crippen molar-refractivity contribution in [1.82, 2.24) is 4.98 Å². The van der Waals surface area contributed by atoms with Crippen molar-refractivity contribution in [2.75, 3.05) is 18.0 Å². The van der Waals surface area contributed by atoms with E-state index in [0.29, 0.717) is 16.8 Å². The second-order valence-corrected chi connectivity index (χ2v) is 5.89. The van der Waals surface area contributed by atoms with Gasteiger partial charge in [-0.1, -0.05) is 6.92 Å². The zero-order chi connectivity index (χ0) is 15.7. The highest BCUT2D eigenvalue weighted by molar-refractivity contribution is 5.67. The number of aryl methyl sites for hydroxylation is 2. The first-order valence-corrected chi connectivity index (χ1v) is 7.88. The summed E-state index contributed by atoms with van der Waals surface area (Å²) in [4.78, 5) is 16.9. The van der Waals surface area contributed by atoms with Gasteiger partial charge in [0, 0.05) is 29.9 Å². The molecule has 1 fully saturated rings. The first-order chi connectivity index (χ1) is 10.6. The third kappa shape index (κ3) is 2.65. The molecule has 0 bridgehead atoms. The van der Waals surface area contributed by atoms with Gasteiger partial charge in [0.15, 0.2) is 0 Å². The molecule has 0 unspecified atom stereocenters. The number of nitrogens with one attached hydrogen (secondary N) is 1. The van der Waals surface area contributed by atoms with Gasteiger partial charge in [0.2, 0.25) is 0 Å². The minimum Gasteiger partial charge on any atom is -0.371 e. The van der Waals surface area contributed by atoms with Crippen molar-refractivity contribution in [2.45, 2.75) is 33.1 Å². The van der Waals surface area contributed by atoms with Gasteiger partial charge in [-0.3, -0.25) is 4.79 Å². The van der Waals surface area contributed by atoms with Gasteiger partial charge in [-0.2, -0.15) is 0 Å². The van der Waals surface area contributed by atoms with Crippen LogP contribution in [0.15, 0.2) is 29.1 Å². The SMILES string of the molecule is CCc1cc(C)c(=O)[nH]c1-c1ccc(N2CCCC2)cc1F. The molecule has 0 amide bonds. The van der Waals surface area contributed by atoms with Gasteiger partial charge in [-0.15, -0.1) is 0 Å². The molecule has 2 heterocycles. The monoisotopic (exact) mass is 300 g/mol. The molecule has 1 saturated heterocycles. The maximum Gasteiger partial charge on any atom is 0.251 e.